The molecule has 6 nitrogen and oxygen atoms in total. The molecule has 0 atom stereocenters. The van der Waals surface area contributed by atoms with E-state index in [9.17, 15) is 14.4 Å². The van der Waals surface area contributed by atoms with Crippen molar-refractivity contribution in [1.82, 2.24) is 4.90 Å². The Morgan fingerprint density at radius 1 is 1.25 bits per heavy atom. The minimum Gasteiger partial charge on any atom is -0.462 e. The van der Waals surface area contributed by atoms with E-state index >= 15 is 0 Å². The zero-order valence-corrected chi connectivity index (χ0v) is 15.4. The molecule has 1 saturated heterocycles. The first-order chi connectivity index (χ1) is 11.3. The number of carbonyl (C=O) groups is 3. The third-order valence-electron chi connectivity index (χ3n) is 4.41. The summed E-state index contributed by atoms with van der Waals surface area (Å²) in [5.41, 5.74) is 1.30. The van der Waals surface area contributed by atoms with Crippen LogP contribution < -0.4 is 5.32 Å². The van der Waals surface area contributed by atoms with Crippen molar-refractivity contribution in [1.29, 1.82) is 0 Å². The molecule has 132 valence electrons. The molecule has 1 aliphatic heterocycles. The zero-order valence-electron chi connectivity index (χ0n) is 14.6. The van der Waals surface area contributed by atoms with Crippen LogP contribution in [0.15, 0.2) is 0 Å². The van der Waals surface area contributed by atoms with E-state index in [0.29, 0.717) is 43.1 Å². The lowest BCUT2D eigenvalue weighted by atomic mass is 9.96. The van der Waals surface area contributed by atoms with Gasteiger partial charge in [-0.05, 0) is 39.2 Å². The highest BCUT2D eigenvalue weighted by Gasteiger charge is 2.28. The molecule has 0 aromatic carbocycles. The van der Waals surface area contributed by atoms with Gasteiger partial charge in [-0.15, -0.1) is 11.3 Å². The summed E-state index contributed by atoms with van der Waals surface area (Å²) in [5.74, 6) is -0.590. The molecule has 1 N–H and O–H groups in total. The van der Waals surface area contributed by atoms with Crippen LogP contribution in [-0.4, -0.2) is 42.4 Å². The Hall–Kier alpha value is -1.89. The van der Waals surface area contributed by atoms with Gasteiger partial charge in [0.25, 0.3) is 0 Å². The molecule has 2 heterocycles. The van der Waals surface area contributed by atoms with E-state index in [1.807, 2.05) is 13.8 Å². The first-order valence-corrected chi connectivity index (χ1v) is 9.00. The highest BCUT2D eigenvalue weighted by atomic mass is 32.1. The van der Waals surface area contributed by atoms with Crippen molar-refractivity contribution in [3.8, 4) is 0 Å². The average Bonchev–Trinajstić information content (AvgIpc) is 2.82. The third-order valence-corrected chi connectivity index (χ3v) is 5.54. The molecular formula is C17H24N2O4S. The minimum absolute atomic E-state index is 0.0444. The highest BCUT2D eigenvalue weighted by molar-refractivity contribution is 7.16. The van der Waals surface area contributed by atoms with Crippen LogP contribution in [0.25, 0.3) is 0 Å². The number of rotatable bonds is 4. The van der Waals surface area contributed by atoms with Gasteiger partial charge in [0.15, 0.2) is 0 Å². The van der Waals surface area contributed by atoms with Gasteiger partial charge >= 0.3 is 5.97 Å². The Kier molecular flexibility index (Phi) is 5.99. The number of esters is 1. The lowest BCUT2D eigenvalue weighted by Gasteiger charge is -2.30. The van der Waals surface area contributed by atoms with Gasteiger partial charge in [-0.25, -0.2) is 4.79 Å². The zero-order chi connectivity index (χ0) is 17.9. The standard InChI is InChI=1S/C17H24N2O4S/c1-5-23-17(22)14-10(2)11(3)24-16(14)18-15(21)13-6-8-19(9-7-13)12(4)20/h13H,5-9H2,1-4H3,(H,18,21). The van der Waals surface area contributed by atoms with Crippen LogP contribution >= 0.6 is 11.3 Å². The highest BCUT2D eigenvalue weighted by Crippen LogP contribution is 2.34. The maximum Gasteiger partial charge on any atom is 0.341 e. The van der Waals surface area contributed by atoms with Crippen molar-refractivity contribution in [3.05, 3.63) is 16.0 Å². The molecule has 0 radical (unpaired) electrons. The van der Waals surface area contributed by atoms with Gasteiger partial charge in [-0.2, -0.15) is 0 Å². The van der Waals surface area contributed by atoms with Crippen LogP contribution in [0.1, 0.15) is 47.5 Å². The number of anilines is 1. The van der Waals surface area contributed by atoms with Crippen molar-refractivity contribution in [2.24, 2.45) is 5.92 Å². The van der Waals surface area contributed by atoms with Crippen LogP contribution in [0.2, 0.25) is 0 Å². The molecule has 0 spiro atoms. The van der Waals surface area contributed by atoms with Crippen molar-refractivity contribution < 1.29 is 19.1 Å². The Balaban J connectivity index is 2.08. The van der Waals surface area contributed by atoms with Gasteiger partial charge in [0, 0.05) is 30.8 Å². The maximum absolute atomic E-state index is 12.5. The van der Waals surface area contributed by atoms with Crippen LogP contribution in [0.3, 0.4) is 0 Å². The summed E-state index contributed by atoms with van der Waals surface area (Å²) >= 11 is 1.40. The number of aryl methyl sites for hydroxylation is 1. The monoisotopic (exact) mass is 352 g/mol. The van der Waals surface area contributed by atoms with E-state index in [1.54, 1.807) is 18.7 Å². The molecule has 24 heavy (non-hydrogen) atoms. The Labute approximate surface area is 146 Å². The SMILES string of the molecule is CCOC(=O)c1c(NC(=O)C2CCN(C(C)=O)CC2)sc(C)c1C. The summed E-state index contributed by atoms with van der Waals surface area (Å²) < 4.78 is 5.10. The van der Waals surface area contributed by atoms with Gasteiger partial charge in [0.1, 0.15) is 5.00 Å². The Morgan fingerprint density at radius 3 is 2.42 bits per heavy atom. The molecule has 1 aliphatic rings. The summed E-state index contributed by atoms with van der Waals surface area (Å²) in [6.45, 7) is 8.57. The quantitative estimate of drug-likeness (QED) is 0.846. The first-order valence-electron chi connectivity index (χ1n) is 8.18. The smallest absolute Gasteiger partial charge is 0.341 e. The number of piperidine rings is 1. The van der Waals surface area contributed by atoms with E-state index in [1.165, 1.54) is 11.3 Å². The van der Waals surface area contributed by atoms with Gasteiger partial charge in [0.2, 0.25) is 11.8 Å². The average molecular weight is 352 g/mol. The number of ether oxygens (including phenoxy) is 1. The van der Waals surface area contributed by atoms with E-state index in [-0.39, 0.29) is 17.7 Å². The Bertz CT molecular complexity index is 645. The second-order valence-electron chi connectivity index (χ2n) is 5.98. The largest absolute Gasteiger partial charge is 0.462 e. The molecule has 1 aromatic heterocycles. The lowest BCUT2D eigenvalue weighted by Crippen LogP contribution is -2.40. The summed E-state index contributed by atoms with van der Waals surface area (Å²) in [5, 5.41) is 3.46. The number of amides is 2. The number of nitrogens with one attached hydrogen (secondary N) is 1. The van der Waals surface area contributed by atoms with Crippen molar-refractivity contribution >= 4 is 34.1 Å². The fourth-order valence-corrected chi connectivity index (χ4v) is 3.89. The molecule has 0 bridgehead atoms. The topological polar surface area (TPSA) is 75.7 Å². The number of nitrogens with zero attached hydrogens (tertiary/aromatic N) is 1. The van der Waals surface area contributed by atoms with Gasteiger partial charge in [-0.3, -0.25) is 9.59 Å². The molecule has 0 saturated carbocycles. The number of thiophene rings is 1. The number of carbonyl (C=O) groups excluding carboxylic acids is 3. The third kappa shape index (κ3) is 3.95. The molecule has 1 aromatic rings. The van der Waals surface area contributed by atoms with Gasteiger partial charge in [0.05, 0.1) is 12.2 Å². The molecule has 0 aliphatic carbocycles. The summed E-state index contributed by atoms with van der Waals surface area (Å²) in [4.78, 5) is 38.8. The normalized spacial score (nSPS) is 15.2. The lowest BCUT2D eigenvalue weighted by molar-refractivity contribution is -0.132. The summed E-state index contributed by atoms with van der Waals surface area (Å²) in [6.07, 6.45) is 1.28. The second kappa shape index (κ2) is 7.79. The minimum atomic E-state index is -0.402. The number of likely N-dealkylation sites (tertiary alicyclic amines) is 1. The van der Waals surface area contributed by atoms with E-state index < -0.39 is 5.97 Å². The fourth-order valence-electron chi connectivity index (χ4n) is 2.83. The molecule has 2 rings (SSSR count). The van der Waals surface area contributed by atoms with E-state index in [0.717, 1.165) is 10.4 Å². The summed E-state index contributed by atoms with van der Waals surface area (Å²) in [6, 6.07) is 0. The number of hydrogen-bond donors (Lipinski definition) is 1. The fraction of sp³-hybridized carbons (Fsp3) is 0.588. The Morgan fingerprint density at radius 2 is 1.88 bits per heavy atom. The van der Waals surface area contributed by atoms with Crippen LogP contribution in [0.5, 0.6) is 0 Å². The molecular weight excluding hydrogens is 328 g/mol. The van der Waals surface area contributed by atoms with Crippen molar-refractivity contribution in [3.63, 3.8) is 0 Å². The molecule has 1 fully saturated rings. The first kappa shape index (κ1) is 18.4. The van der Waals surface area contributed by atoms with Crippen LogP contribution in [-0.2, 0) is 14.3 Å². The van der Waals surface area contributed by atoms with Crippen LogP contribution in [0.4, 0.5) is 5.00 Å². The predicted octanol–water partition coefficient (Wildman–Crippen LogP) is 2.74. The molecule has 2 amide bonds. The second-order valence-corrected chi connectivity index (χ2v) is 7.20. The predicted molar refractivity (Wildman–Crippen MR) is 93.4 cm³/mol. The van der Waals surface area contributed by atoms with E-state index in [4.69, 9.17) is 4.74 Å². The molecule has 7 heteroatoms. The summed E-state index contributed by atoms with van der Waals surface area (Å²) in [7, 11) is 0. The van der Waals surface area contributed by atoms with Gasteiger partial charge in [-0.1, -0.05) is 0 Å². The van der Waals surface area contributed by atoms with Crippen LogP contribution in [0, 0.1) is 19.8 Å². The number of hydrogen-bond acceptors (Lipinski definition) is 5. The van der Waals surface area contributed by atoms with E-state index in [2.05, 4.69) is 5.32 Å². The maximum atomic E-state index is 12.5. The van der Waals surface area contributed by atoms with Crippen molar-refractivity contribution in [2.75, 3.05) is 25.0 Å². The molecule has 0 unspecified atom stereocenters. The van der Waals surface area contributed by atoms with Crippen molar-refractivity contribution in [2.45, 2.75) is 40.5 Å². The van der Waals surface area contributed by atoms with Gasteiger partial charge < -0.3 is 15.0 Å².